The van der Waals surface area contributed by atoms with Crippen LogP contribution in [0.2, 0.25) is 10.0 Å². The summed E-state index contributed by atoms with van der Waals surface area (Å²) >= 11 is 23.1. The maximum Gasteiger partial charge on any atom is 5.00 e. The van der Waals surface area contributed by atoms with E-state index in [1.54, 1.807) is 7.11 Å². The molecule has 2 bridgehead atoms. The number of carbonyl (C=O) groups excluding carboxylic acids is 1. The van der Waals surface area contributed by atoms with Crippen molar-refractivity contribution >= 4 is 66.0 Å². The SMILES string of the molecule is CCCCCCCCCCCC(=O)OC1CC2CC(c3ccc(Cl)c(Cl)c3)C(C(CC)=NOC)C1N2CCCN(CC[S-])CC([O-])=NCC[S-].[98Tc+5].[O-2]. The number of piperidine rings is 1. The molecule has 2 saturated heterocycles. The number of hydrogen-bond donors (Lipinski definition) is 0. The Kier molecular flexibility index (Phi) is 26.6. The van der Waals surface area contributed by atoms with Crippen molar-refractivity contribution in [3.8, 4) is 0 Å². The van der Waals surface area contributed by atoms with Crippen molar-refractivity contribution in [1.29, 1.82) is 0 Å². The van der Waals surface area contributed by atoms with Gasteiger partial charge in [-0.2, -0.15) is 11.5 Å². The first-order valence-corrected chi connectivity index (χ1v) is 20.8. The second-order valence-electron chi connectivity index (χ2n) is 13.7. The first-order valence-electron chi connectivity index (χ1n) is 18.9. The minimum Gasteiger partial charge on any atom is -2.00 e. The fourth-order valence-corrected chi connectivity index (χ4v) is 8.54. The molecule has 3 rings (SSSR count). The summed E-state index contributed by atoms with van der Waals surface area (Å²) in [4.78, 5) is 27.5. The van der Waals surface area contributed by atoms with Crippen LogP contribution in [0.25, 0.3) is 0 Å². The maximum absolute atomic E-state index is 13.4. The number of esters is 1. The van der Waals surface area contributed by atoms with Crippen LogP contribution in [-0.4, -0.2) is 96.9 Å². The normalized spacial score (nSPS) is 21.9. The summed E-state index contributed by atoms with van der Waals surface area (Å²) in [6, 6.07) is 6.03. The molecule has 2 heterocycles. The van der Waals surface area contributed by atoms with E-state index in [1.165, 1.54) is 38.5 Å². The van der Waals surface area contributed by atoms with E-state index in [4.69, 9.17) is 58.0 Å². The van der Waals surface area contributed by atoms with Gasteiger partial charge in [-0.1, -0.05) is 99.6 Å². The van der Waals surface area contributed by atoms with Gasteiger partial charge in [-0.15, -0.1) is 0 Å². The van der Waals surface area contributed by atoms with E-state index in [9.17, 15) is 9.90 Å². The van der Waals surface area contributed by atoms with Gasteiger partial charge in [0.05, 0.1) is 21.8 Å². The van der Waals surface area contributed by atoms with E-state index in [1.807, 2.05) is 12.1 Å². The molecule has 0 saturated carbocycles. The van der Waals surface area contributed by atoms with Gasteiger partial charge >= 0.3 is 26.1 Å². The van der Waals surface area contributed by atoms with Gasteiger partial charge < -0.3 is 55.3 Å². The summed E-state index contributed by atoms with van der Waals surface area (Å²) in [6.07, 6.45) is 14.1. The Hall–Kier alpha value is -0.561. The van der Waals surface area contributed by atoms with Gasteiger partial charge in [0.15, 0.2) is 0 Å². The zero-order valence-electron chi connectivity index (χ0n) is 31.2. The predicted molar refractivity (Wildman–Crippen MR) is 211 cm³/mol. The van der Waals surface area contributed by atoms with Gasteiger partial charge in [-0.05, 0) is 68.3 Å². The second kappa shape index (κ2) is 27.9. The van der Waals surface area contributed by atoms with Crippen molar-refractivity contribution in [2.45, 2.75) is 128 Å². The molecule has 0 spiro atoms. The monoisotopic (exact) mass is 883 g/mol. The third-order valence-corrected chi connectivity index (χ3v) is 11.3. The van der Waals surface area contributed by atoms with Gasteiger partial charge in [0.25, 0.3) is 0 Å². The van der Waals surface area contributed by atoms with Crippen molar-refractivity contribution in [3.05, 3.63) is 33.8 Å². The van der Waals surface area contributed by atoms with Crippen LogP contribution in [0.3, 0.4) is 0 Å². The van der Waals surface area contributed by atoms with Crippen LogP contribution in [0, 0.1) is 5.92 Å². The van der Waals surface area contributed by atoms with Gasteiger partial charge in [0.1, 0.15) is 13.2 Å². The van der Waals surface area contributed by atoms with Crippen LogP contribution in [0.5, 0.6) is 0 Å². The second-order valence-corrected chi connectivity index (χ2v) is 15.3. The average molecular weight is 885 g/mol. The van der Waals surface area contributed by atoms with Gasteiger partial charge in [0.2, 0.25) is 0 Å². The molecule has 2 aliphatic rings. The number of hydrogen-bond acceptors (Lipinski definition) is 10. The smallest absolute Gasteiger partial charge is 2.00 e. The molecule has 52 heavy (non-hydrogen) atoms. The average Bonchev–Trinajstić information content (AvgIpc) is 3.32. The summed E-state index contributed by atoms with van der Waals surface area (Å²) in [5.41, 5.74) is 2.05. The fraction of sp³-hybridized carbons (Fsp3) is 0.763. The molecule has 5 atom stereocenters. The predicted octanol–water partition coefficient (Wildman–Crippen LogP) is 7.21. The third kappa shape index (κ3) is 15.9. The fourth-order valence-electron chi connectivity index (χ4n) is 7.89. The number of nitrogens with zero attached hydrogens (tertiary/aromatic N) is 4. The Balaban J connectivity index is 0.00000676. The molecule has 9 nitrogen and oxygen atoms in total. The van der Waals surface area contributed by atoms with Gasteiger partial charge in [-0.3, -0.25) is 9.69 Å². The zero-order chi connectivity index (χ0) is 36.3. The van der Waals surface area contributed by atoms with E-state index in [0.717, 1.165) is 62.9 Å². The molecule has 2 aliphatic heterocycles. The van der Waals surface area contributed by atoms with E-state index in [-0.39, 0.29) is 74.0 Å². The topological polar surface area (TPSA) is 118 Å². The maximum atomic E-state index is 13.4. The standard InChI is InChI=1S/C38H62Cl2N4O4S2.O.Tc/c1-4-6-7-8-9-10-11-12-13-15-36(46)48-34-26-29-25-30(28-16-17-31(39)32(40)24-28)37(33(5-2)42-47-3)38(34)44(29)20-14-19-43(21-23-50)27-35(45)41-18-22-49;;/h16-17,24,29-30,34,37-38,49-50H,4-15,18-23,25-27H2,1-3H3,(H,41,45);;/q;-2;+5/p-3/i;;1+0. The molecule has 5 unspecified atom stereocenters. The molecule has 1 aromatic carbocycles. The van der Waals surface area contributed by atoms with Crippen LogP contribution in [0.15, 0.2) is 28.3 Å². The summed E-state index contributed by atoms with van der Waals surface area (Å²) in [5, 5.41) is 18.0. The number of unbranched alkanes of at least 4 members (excludes halogenated alkanes) is 8. The van der Waals surface area contributed by atoms with Crippen LogP contribution in [-0.2, 0) is 65.2 Å². The van der Waals surface area contributed by atoms with Crippen LogP contribution < -0.4 is 5.11 Å². The van der Waals surface area contributed by atoms with Crippen LogP contribution in [0.4, 0.5) is 0 Å². The largest absolute Gasteiger partial charge is 5.00 e. The van der Waals surface area contributed by atoms with E-state index < -0.39 is 0 Å². The first-order chi connectivity index (χ1) is 24.3. The molecule has 0 aliphatic carbocycles. The number of aliphatic imine (C=N–C) groups is 1. The number of carbonyl (C=O) groups is 1. The van der Waals surface area contributed by atoms with Crippen molar-refractivity contribution in [2.24, 2.45) is 16.1 Å². The Morgan fingerprint density at radius 2 is 1.67 bits per heavy atom. The summed E-state index contributed by atoms with van der Waals surface area (Å²) in [6.45, 7) is 7.13. The molecule has 14 heteroatoms. The molecule has 1 aromatic rings. The zero-order valence-corrected chi connectivity index (χ0v) is 36.3. The Morgan fingerprint density at radius 3 is 2.29 bits per heavy atom. The van der Waals surface area contributed by atoms with Gasteiger partial charge in [0, 0.05) is 44.4 Å². The van der Waals surface area contributed by atoms with E-state index in [2.05, 4.69) is 39.9 Å². The number of benzene rings is 1. The summed E-state index contributed by atoms with van der Waals surface area (Å²) < 4.78 is 6.40. The summed E-state index contributed by atoms with van der Waals surface area (Å²) in [7, 11) is 1.58. The van der Waals surface area contributed by atoms with Crippen molar-refractivity contribution in [3.63, 3.8) is 0 Å². The Morgan fingerprint density at radius 1 is 0.981 bits per heavy atom. The number of rotatable bonds is 25. The molecular formula is C38H59Cl2N4O5S2Tc. The molecule has 0 radical (unpaired) electrons. The molecule has 0 N–H and O–H groups in total. The van der Waals surface area contributed by atoms with Crippen molar-refractivity contribution in [1.82, 2.24) is 9.80 Å². The molecule has 2 fully saturated rings. The first kappa shape index (κ1) is 49.5. The molecular weight excluding hydrogens is 825 g/mol. The van der Waals surface area contributed by atoms with Crippen molar-refractivity contribution in [2.75, 3.05) is 51.3 Å². The minimum absolute atomic E-state index is 0. The van der Waals surface area contributed by atoms with E-state index in [0.29, 0.717) is 47.5 Å². The van der Waals surface area contributed by atoms with Crippen LogP contribution in [0.1, 0.15) is 115 Å². The number of ether oxygens (including phenoxy) is 1. The Labute approximate surface area is 347 Å². The molecule has 0 aromatic heterocycles. The molecule has 294 valence electrons. The summed E-state index contributed by atoms with van der Waals surface area (Å²) in [5.74, 6) is 0.765. The van der Waals surface area contributed by atoms with Gasteiger partial charge in [-0.25, -0.2) is 0 Å². The number of fused-ring (bicyclic) bond motifs is 2. The number of oxime groups is 1. The van der Waals surface area contributed by atoms with E-state index >= 15 is 0 Å². The third-order valence-electron chi connectivity index (χ3n) is 10.2. The molecule has 0 amide bonds. The minimum atomic E-state index is -0.264. The van der Waals surface area contributed by atoms with Crippen molar-refractivity contribution < 1.29 is 45.1 Å². The number of halogens is 2. The Bertz CT molecular complexity index is 1220. The van der Waals surface area contributed by atoms with Crippen LogP contribution >= 0.6 is 23.2 Å². The quantitative estimate of drug-likeness (QED) is 0.0253.